The second-order valence-electron chi connectivity index (χ2n) is 3.29. The second kappa shape index (κ2) is 5.16. The number of carbonyl (C=O) groups is 2. The maximum absolute atomic E-state index is 11.8. The molecule has 10 heteroatoms. The fraction of sp³-hybridized carbons (Fsp3) is 0.222. The standard InChI is InChI=1S/C9H10N6O4/c1-2-19-9-13-8(14-15-9)12-6(16)4-5(7(17)18)11-3-10-4/h3H,2H2,1H3,(H,10,11)(H,17,18)(H2,12,13,14,15,16). The molecule has 0 aliphatic heterocycles. The Balaban J connectivity index is 2.11. The first-order chi connectivity index (χ1) is 9.11. The van der Waals surface area contributed by atoms with Gasteiger partial charge in [-0.05, 0) is 6.92 Å². The summed E-state index contributed by atoms with van der Waals surface area (Å²) in [6, 6.07) is 0.0817. The van der Waals surface area contributed by atoms with Gasteiger partial charge in [-0.2, -0.15) is 4.98 Å². The van der Waals surface area contributed by atoms with E-state index in [9.17, 15) is 9.59 Å². The molecule has 0 saturated heterocycles. The van der Waals surface area contributed by atoms with Crippen LogP contribution in [0.1, 0.15) is 27.9 Å². The summed E-state index contributed by atoms with van der Waals surface area (Å²) < 4.78 is 5.00. The van der Waals surface area contributed by atoms with Crippen LogP contribution in [0.15, 0.2) is 6.33 Å². The van der Waals surface area contributed by atoms with E-state index >= 15 is 0 Å². The molecule has 1 amide bonds. The largest absolute Gasteiger partial charge is 0.477 e. The van der Waals surface area contributed by atoms with Crippen LogP contribution in [0.25, 0.3) is 0 Å². The zero-order valence-corrected chi connectivity index (χ0v) is 9.80. The van der Waals surface area contributed by atoms with Crippen LogP contribution in [0, 0.1) is 0 Å². The van der Waals surface area contributed by atoms with E-state index in [4.69, 9.17) is 9.84 Å². The Morgan fingerprint density at radius 1 is 1.53 bits per heavy atom. The van der Waals surface area contributed by atoms with E-state index in [1.54, 1.807) is 6.92 Å². The highest BCUT2D eigenvalue weighted by Gasteiger charge is 2.20. The number of aromatic carboxylic acids is 1. The van der Waals surface area contributed by atoms with Crippen LogP contribution >= 0.6 is 0 Å². The number of imidazole rings is 1. The topological polar surface area (TPSA) is 146 Å². The number of carbonyl (C=O) groups excluding carboxylic acids is 1. The predicted molar refractivity (Wildman–Crippen MR) is 61.1 cm³/mol. The van der Waals surface area contributed by atoms with Crippen molar-refractivity contribution < 1.29 is 19.4 Å². The zero-order valence-electron chi connectivity index (χ0n) is 9.80. The first kappa shape index (κ1) is 12.5. The Morgan fingerprint density at radius 2 is 2.32 bits per heavy atom. The molecule has 0 aromatic carbocycles. The second-order valence-corrected chi connectivity index (χ2v) is 3.29. The zero-order chi connectivity index (χ0) is 13.8. The molecule has 0 unspecified atom stereocenters. The average molecular weight is 266 g/mol. The summed E-state index contributed by atoms with van der Waals surface area (Å²) in [6.45, 7) is 2.14. The van der Waals surface area contributed by atoms with Gasteiger partial charge in [0.2, 0.25) is 5.95 Å². The molecular weight excluding hydrogens is 256 g/mol. The molecule has 0 saturated carbocycles. The van der Waals surface area contributed by atoms with Crippen LogP contribution < -0.4 is 10.1 Å². The Bertz CT molecular complexity index is 603. The highest BCUT2D eigenvalue weighted by molar-refractivity contribution is 6.07. The Labute approximate surface area is 106 Å². The number of carboxylic acids is 1. The van der Waals surface area contributed by atoms with Gasteiger partial charge in [0.25, 0.3) is 5.91 Å². The lowest BCUT2D eigenvalue weighted by molar-refractivity contribution is 0.0686. The molecule has 2 heterocycles. The highest BCUT2D eigenvalue weighted by Crippen LogP contribution is 2.09. The van der Waals surface area contributed by atoms with Crippen molar-refractivity contribution in [3.8, 4) is 6.01 Å². The number of ether oxygens (including phenoxy) is 1. The maximum Gasteiger partial charge on any atom is 0.354 e. The molecular formula is C9H10N6O4. The summed E-state index contributed by atoms with van der Waals surface area (Å²) in [6.07, 6.45) is 1.12. The lowest BCUT2D eigenvalue weighted by Crippen LogP contribution is -2.17. The van der Waals surface area contributed by atoms with E-state index in [0.717, 1.165) is 6.33 Å². The molecule has 0 aliphatic rings. The number of hydrogen-bond acceptors (Lipinski definition) is 6. The van der Waals surface area contributed by atoms with Crippen LogP contribution in [-0.4, -0.2) is 48.7 Å². The third-order valence-electron chi connectivity index (χ3n) is 2.04. The van der Waals surface area contributed by atoms with Crippen molar-refractivity contribution in [3.63, 3.8) is 0 Å². The van der Waals surface area contributed by atoms with Gasteiger partial charge in [-0.25, -0.2) is 14.9 Å². The van der Waals surface area contributed by atoms with E-state index in [1.165, 1.54) is 0 Å². The summed E-state index contributed by atoms with van der Waals surface area (Å²) in [5.41, 5.74) is -0.552. The van der Waals surface area contributed by atoms with Crippen molar-refractivity contribution in [2.45, 2.75) is 6.92 Å². The summed E-state index contributed by atoms with van der Waals surface area (Å²) in [5, 5.41) is 17.3. The number of rotatable bonds is 5. The van der Waals surface area contributed by atoms with Crippen LogP contribution in [0.2, 0.25) is 0 Å². The molecule has 0 atom stereocenters. The maximum atomic E-state index is 11.8. The Hall–Kier alpha value is -2.91. The van der Waals surface area contributed by atoms with Crippen LogP contribution in [0.5, 0.6) is 6.01 Å². The van der Waals surface area contributed by atoms with Crippen LogP contribution in [-0.2, 0) is 0 Å². The molecule has 0 radical (unpaired) electrons. The first-order valence-corrected chi connectivity index (χ1v) is 5.25. The van der Waals surface area contributed by atoms with Crippen molar-refractivity contribution in [2.24, 2.45) is 0 Å². The summed E-state index contributed by atoms with van der Waals surface area (Å²) >= 11 is 0. The summed E-state index contributed by atoms with van der Waals surface area (Å²) in [7, 11) is 0. The first-order valence-electron chi connectivity index (χ1n) is 5.25. The van der Waals surface area contributed by atoms with Crippen molar-refractivity contribution in [1.29, 1.82) is 0 Å². The summed E-state index contributed by atoms with van der Waals surface area (Å²) in [5.74, 6) is -1.97. The van der Waals surface area contributed by atoms with Crippen LogP contribution in [0.3, 0.4) is 0 Å². The molecule has 0 bridgehead atoms. The van der Waals surface area contributed by atoms with Gasteiger partial charge >= 0.3 is 12.0 Å². The number of carboxylic acid groups (broad SMARTS) is 1. The van der Waals surface area contributed by atoms with Gasteiger partial charge in [0.1, 0.15) is 0 Å². The fourth-order valence-electron chi connectivity index (χ4n) is 1.29. The van der Waals surface area contributed by atoms with Crippen molar-refractivity contribution in [1.82, 2.24) is 25.1 Å². The number of amides is 1. The molecule has 0 fully saturated rings. The number of aromatic amines is 2. The van der Waals surface area contributed by atoms with Crippen molar-refractivity contribution in [2.75, 3.05) is 11.9 Å². The van der Waals surface area contributed by atoms with E-state index in [0.29, 0.717) is 6.61 Å². The van der Waals surface area contributed by atoms with E-state index < -0.39 is 11.9 Å². The van der Waals surface area contributed by atoms with Gasteiger partial charge in [0, 0.05) is 0 Å². The SMILES string of the molecule is CCOc1n[nH]c(NC(=O)c2nc[nH]c2C(=O)O)n1. The minimum absolute atomic E-state index is 0.0350. The van der Waals surface area contributed by atoms with Gasteiger partial charge in [-0.3, -0.25) is 10.1 Å². The Kier molecular flexibility index (Phi) is 3.41. The van der Waals surface area contributed by atoms with Crippen LogP contribution in [0.4, 0.5) is 5.95 Å². The van der Waals surface area contributed by atoms with Gasteiger partial charge in [0.15, 0.2) is 11.4 Å². The van der Waals surface area contributed by atoms with Gasteiger partial charge in [0.05, 0.1) is 12.9 Å². The lowest BCUT2D eigenvalue weighted by Gasteiger charge is -1.98. The van der Waals surface area contributed by atoms with Crippen molar-refractivity contribution >= 4 is 17.8 Å². The minimum Gasteiger partial charge on any atom is -0.477 e. The van der Waals surface area contributed by atoms with Gasteiger partial charge in [-0.15, -0.1) is 5.10 Å². The average Bonchev–Trinajstić information content (AvgIpc) is 2.98. The molecule has 10 nitrogen and oxygen atoms in total. The van der Waals surface area contributed by atoms with E-state index in [-0.39, 0.29) is 23.3 Å². The molecule has 0 spiro atoms. The molecule has 2 rings (SSSR count). The third-order valence-corrected chi connectivity index (χ3v) is 2.04. The van der Waals surface area contributed by atoms with Gasteiger partial charge in [-0.1, -0.05) is 0 Å². The number of H-pyrrole nitrogens is 2. The molecule has 2 aromatic rings. The molecule has 19 heavy (non-hydrogen) atoms. The highest BCUT2D eigenvalue weighted by atomic mass is 16.5. The van der Waals surface area contributed by atoms with E-state index in [1.807, 2.05) is 0 Å². The van der Waals surface area contributed by atoms with E-state index in [2.05, 4.69) is 30.5 Å². The number of aromatic nitrogens is 5. The quantitative estimate of drug-likeness (QED) is 0.589. The number of nitrogens with one attached hydrogen (secondary N) is 3. The summed E-state index contributed by atoms with van der Waals surface area (Å²) in [4.78, 5) is 32.4. The number of anilines is 1. The van der Waals surface area contributed by atoms with Crippen molar-refractivity contribution in [3.05, 3.63) is 17.7 Å². The van der Waals surface area contributed by atoms with Gasteiger partial charge < -0.3 is 14.8 Å². The molecule has 2 aromatic heterocycles. The minimum atomic E-state index is -1.28. The molecule has 4 N–H and O–H groups in total. The predicted octanol–water partition coefficient (Wildman–Crippen LogP) is -0.123. The smallest absolute Gasteiger partial charge is 0.354 e. The fourth-order valence-corrected chi connectivity index (χ4v) is 1.29. The monoisotopic (exact) mass is 266 g/mol. The molecule has 100 valence electrons. The molecule has 0 aliphatic carbocycles. The third kappa shape index (κ3) is 2.68. The normalized spacial score (nSPS) is 10.2. The number of nitrogens with zero attached hydrogens (tertiary/aromatic N) is 3. The lowest BCUT2D eigenvalue weighted by atomic mass is 10.3. The Morgan fingerprint density at radius 3 is 3.00 bits per heavy atom. The number of hydrogen-bond donors (Lipinski definition) is 4.